The number of aromatic hydroxyl groups is 1. The summed E-state index contributed by atoms with van der Waals surface area (Å²) in [6.07, 6.45) is 0. The number of carbonyl (C=O) groups is 2. The molecule has 17 heavy (non-hydrogen) atoms. The van der Waals surface area contributed by atoms with Gasteiger partial charge in [-0.15, -0.1) is 0 Å². The molecule has 0 aliphatic heterocycles. The number of rotatable bonds is 3. The van der Waals surface area contributed by atoms with Gasteiger partial charge in [0.1, 0.15) is 11.3 Å². The van der Waals surface area contributed by atoms with Crippen molar-refractivity contribution in [2.24, 2.45) is 5.73 Å². The van der Waals surface area contributed by atoms with Gasteiger partial charge in [-0.1, -0.05) is 11.6 Å². The van der Waals surface area contributed by atoms with Crippen molar-refractivity contribution in [1.29, 1.82) is 0 Å². The molecule has 5 nitrogen and oxygen atoms in total. The molecular formula is C11H13ClN2O3. The molecule has 4 N–H and O–H groups in total. The molecule has 1 rings (SSSR count). The Hall–Kier alpha value is -1.75. The highest BCUT2D eigenvalue weighted by atomic mass is 35.5. The van der Waals surface area contributed by atoms with E-state index < -0.39 is 17.4 Å². The second-order valence-electron chi connectivity index (χ2n) is 4.10. The fourth-order valence-electron chi connectivity index (χ4n) is 1.10. The van der Waals surface area contributed by atoms with Crippen LogP contribution in [0, 0.1) is 0 Å². The highest BCUT2D eigenvalue weighted by molar-refractivity contribution is 6.31. The number of phenolic OH excluding ortho intramolecular Hbond substituents is 1. The van der Waals surface area contributed by atoms with Gasteiger partial charge in [0.15, 0.2) is 0 Å². The monoisotopic (exact) mass is 256 g/mol. The summed E-state index contributed by atoms with van der Waals surface area (Å²) in [6.45, 7) is 2.93. The van der Waals surface area contributed by atoms with Gasteiger partial charge in [-0.05, 0) is 32.0 Å². The lowest BCUT2D eigenvalue weighted by Gasteiger charge is -2.22. The zero-order valence-electron chi connectivity index (χ0n) is 9.45. The second kappa shape index (κ2) is 4.63. The van der Waals surface area contributed by atoms with Crippen molar-refractivity contribution in [2.75, 3.05) is 0 Å². The van der Waals surface area contributed by atoms with E-state index in [1.807, 2.05) is 0 Å². The van der Waals surface area contributed by atoms with Gasteiger partial charge in [-0.25, -0.2) is 0 Å². The van der Waals surface area contributed by atoms with Gasteiger partial charge in [-0.3, -0.25) is 9.59 Å². The van der Waals surface area contributed by atoms with Crippen molar-refractivity contribution in [1.82, 2.24) is 5.32 Å². The molecule has 0 fully saturated rings. The number of amides is 2. The summed E-state index contributed by atoms with van der Waals surface area (Å²) >= 11 is 5.71. The van der Waals surface area contributed by atoms with Crippen molar-refractivity contribution in [2.45, 2.75) is 19.4 Å². The Morgan fingerprint density at radius 1 is 1.41 bits per heavy atom. The predicted octanol–water partition coefficient (Wildman–Crippen LogP) is 1.04. The topological polar surface area (TPSA) is 92.4 Å². The summed E-state index contributed by atoms with van der Waals surface area (Å²) in [4.78, 5) is 22.9. The van der Waals surface area contributed by atoms with Crippen molar-refractivity contribution < 1.29 is 14.7 Å². The molecule has 0 unspecified atom stereocenters. The minimum Gasteiger partial charge on any atom is -0.507 e. The Morgan fingerprint density at radius 3 is 2.53 bits per heavy atom. The maximum absolute atomic E-state index is 11.8. The molecule has 6 heteroatoms. The first-order valence-corrected chi connectivity index (χ1v) is 5.23. The van der Waals surface area contributed by atoms with Crippen LogP contribution in [-0.2, 0) is 4.79 Å². The molecule has 0 aliphatic rings. The van der Waals surface area contributed by atoms with Gasteiger partial charge in [0, 0.05) is 5.02 Å². The summed E-state index contributed by atoms with van der Waals surface area (Å²) in [5.41, 5.74) is 3.91. The average molecular weight is 257 g/mol. The largest absolute Gasteiger partial charge is 0.507 e. The summed E-state index contributed by atoms with van der Waals surface area (Å²) < 4.78 is 0. The molecule has 1 aromatic rings. The first-order chi connectivity index (χ1) is 7.74. The zero-order chi connectivity index (χ0) is 13.2. The van der Waals surface area contributed by atoms with E-state index in [0.29, 0.717) is 5.02 Å². The molecule has 0 saturated heterocycles. The number of halogens is 1. The Bertz CT molecular complexity index is 472. The molecule has 0 aromatic heterocycles. The van der Waals surface area contributed by atoms with Crippen molar-refractivity contribution in [3.63, 3.8) is 0 Å². The van der Waals surface area contributed by atoms with Gasteiger partial charge < -0.3 is 16.2 Å². The molecular weight excluding hydrogens is 244 g/mol. The molecule has 0 atom stereocenters. The predicted molar refractivity (Wildman–Crippen MR) is 63.9 cm³/mol. The van der Waals surface area contributed by atoms with Crippen LogP contribution in [0.4, 0.5) is 0 Å². The number of primary amides is 1. The first kappa shape index (κ1) is 13.3. The maximum Gasteiger partial charge on any atom is 0.255 e. The van der Waals surface area contributed by atoms with Crippen LogP contribution in [0.25, 0.3) is 0 Å². The Morgan fingerprint density at radius 2 is 2.00 bits per heavy atom. The molecule has 0 heterocycles. The molecule has 0 bridgehead atoms. The molecule has 0 aliphatic carbocycles. The van der Waals surface area contributed by atoms with Crippen molar-refractivity contribution in [3.8, 4) is 5.75 Å². The Balaban J connectivity index is 2.98. The van der Waals surface area contributed by atoms with Gasteiger partial charge in [0.2, 0.25) is 5.91 Å². The molecule has 2 amide bonds. The quantitative estimate of drug-likeness (QED) is 0.754. The fraction of sp³-hybridized carbons (Fsp3) is 0.273. The third kappa shape index (κ3) is 3.10. The minimum atomic E-state index is -1.20. The van der Waals surface area contributed by atoms with E-state index in [-0.39, 0.29) is 11.3 Å². The highest BCUT2D eigenvalue weighted by Crippen LogP contribution is 2.21. The second-order valence-corrected chi connectivity index (χ2v) is 4.54. The van der Waals surface area contributed by atoms with Crippen LogP contribution in [0.5, 0.6) is 5.75 Å². The summed E-state index contributed by atoms with van der Waals surface area (Å²) in [5, 5.41) is 12.2. The third-order valence-corrected chi connectivity index (χ3v) is 2.48. The van der Waals surface area contributed by atoms with Crippen LogP contribution in [0.3, 0.4) is 0 Å². The maximum atomic E-state index is 11.8. The Kier molecular flexibility index (Phi) is 3.63. The van der Waals surface area contributed by atoms with Crippen LogP contribution >= 0.6 is 11.6 Å². The lowest BCUT2D eigenvalue weighted by atomic mass is 10.0. The molecule has 0 saturated carbocycles. The van der Waals surface area contributed by atoms with E-state index in [1.165, 1.54) is 32.0 Å². The standard InChI is InChI=1S/C11H13ClN2O3/c1-11(2,10(13)17)14-9(16)7-5-6(12)3-4-8(7)15/h3-5,15H,1-2H3,(H2,13,17)(H,14,16). The SMILES string of the molecule is CC(C)(NC(=O)c1cc(Cl)ccc1O)C(N)=O. The van der Waals surface area contributed by atoms with E-state index in [4.69, 9.17) is 17.3 Å². The normalized spacial score (nSPS) is 11.0. The van der Waals surface area contributed by atoms with Crippen LogP contribution in [0.2, 0.25) is 5.02 Å². The number of nitrogens with two attached hydrogens (primary N) is 1. The smallest absolute Gasteiger partial charge is 0.255 e. The number of carbonyl (C=O) groups excluding carboxylic acids is 2. The first-order valence-electron chi connectivity index (χ1n) is 4.85. The molecule has 0 radical (unpaired) electrons. The lowest BCUT2D eigenvalue weighted by molar-refractivity contribution is -0.122. The van der Waals surface area contributed by atoms with Crippen molar-refractivity contribution >= 4 is 23.4 Å². The molecule has 1 aromatic carbocycles. The summed E-state index contributed by atoms with van der Waals surface area (Å²) in [6, 6.07) is 4.06. The third-order valence-electron chi connectivity index (χ3n) is 2.25. The van der Waals surface area contributed by atoms with E-state index in [2.05, 4.69) is 5.32 Å². The van der Waals surface area contributed by atoms with Crippen LogP contribution in [-0.4, -0.2) is 22.5 Å². The fourth-order valence-corrected chi connectivity index (χ4v) is 1.27. The molecule has 0 spiro atoms. The van der Waals surface area contributed by atoms with Crippen molar-refractivity contribution in [3.05, 3.63) is 28.8 Å². The van der Waals surface area contributed by atoms with E-state index in [0.717, 1.165) is 0 Å². The minimum absolute atomic E-state index is 0.00757. The summed E-state index contributed by atoms with van der Waals surface area (Å²) in [5.74, 6) is -1.51. The number of nitrogens with one attached hydrogen (secondary N) is 1. The van der Waals surface area contributed by atoms with Gasteiger partial charge >= 0.3 is 0 Å². The Labute approximate surface area is 104 Å². The van der Waals surface area contributed by atoms with Gasteiger partial charge in [0.25, 0.3) is 5.91 Å². The van der Waals surface area contributed by atoms with Gasteiger partial charge in [0.05, 0.1) is 5.56 Å². The van der Waals surface area contributed by atoms with E-state index in [9.17, 15) is 14.7 Å². The van der Waals surface area contributed by atoms with Crippen LogP contribution in [0.1, 0.15) is 24.2 Å². The average Bonchev–Trinajstić information content (AvgIpc) is 2.20. The molecule has 92 valence electrons. The van der Waals surface area contributed by atoms with Gasteiger partial charge in [-0.2, -0.15) is 0 Å². The van der Waals surface area contributed by atoms with Crippen LogP contribution in [0.15, 0.2) is 18.2 Å². The lowest BCUT2D eigenvalue weighted by Crippen LogP contribution is -2.53. The number of phenols is 1. The van der Waals surface area contributed by atoms with E-state index in [1.54, 1.807) is 0 Å². The number of hydrogen-bond donors (Lipinski definition) is 3. The highest BCUT2D eigenvalue weighted by Gasteiger charge is 2.28. The summed E-state index contributed by atoms with van der Waals surface area (Å²) in [7, 11) is 0. The van der Waals surface area contributed by atoms with Crippen LogP contribution < -0.4 is 11.1 Å². The number of hydrogen-bond acceptors (Lipinski definition) is 3. The number of benzene rings is 1. The van der Waals surface area contributed by atoms with E-state index >= 15 is 0 Å². The zero-order valence-corrected chi connectivity index (χ0v) is 10.2.